The van der Waals surface area contributed by atoms with Gasteiger partial charge in [-0.05, 0) is 44.9 Å². The molecule has 25 heavy (non-hydrogen) atoms. The molecule has 2 aromatic rings. The van der Waals surface area contributed by atoms with Crippen molar-refractivity contribution in [3.63, 3.8) is 0 Å². The molecule has 0 aliphatic carbocycles. The van der Waals surface area contributed by atoms with E-state index in [0.717, 1.165) is 24.4 Å². The predicted octanol–water partition coefficient (Wildman–Crippen LogP) is 2.66. The molecule has 0 atom stereocenters. The summed E-state index contributed by atoms with van der Waals surface area (Å²) in [5.41, 5.74) is 4.05. The molecule has 2 N–H and O–H groups in total. The van der Waals surface area contributed by atoms with Crippen molar-refractivity contribution in [2.24, 2.45) is 0 Å². The Morgan fingerprint density at radius 2 is 2.00 bits per heavy atom. The Hall–Kier alpha value is -2.70. The lowest BCUT2D eigenvalue weighted by atomic mass is 10.1. The quantitative estimate of drug-likeness (QED) is 0.874. The Bertz CT molecular complexity index is 770. The molecule has 0 bridgehead atoms. The largest absolute Gasteiger partial charge is 0.486 e. The number of carbonyl (C=O) groups is 1. The number of hydrogen-bond donors (Lipinski definition) is 2. The van der Waals surface area contributed by atoms with Gasteiger partial charge in [-0.25, -0.2) is 4.79 Å². The SMILES string of the molecule is CCn1nc(C)c(CCNC(=O)Nc2ccc3c(c2)OCCO3)c1C. The van der Waals surface area contributed by atoms with Crippen molar-refractivity contribution in [3.05, 3.63) is 35.2 Å². The van der Waals surface area contributed by atoms with Gasteiger partial charge in [0.1, 0.15) is 13.2 Å². The molecule has 1 aliphatic rings. The summed E-state index contributed by atoms with van der Waals surface area (Å²) in [6, 6.07) is 5.13. The van der Waals surface area contributed by atoms with Crippen molar-refractivity contribution in [1.82, 2.24) is 15.1 Å². The Balaban J connectivity index is 1.52. The first kappa shape index (κ1) is 17.1. The van der Waals surface area contributed by atoms with Crippen molar-refractivity contribution in [2.45, 2.75) is 33.7 Å². The molecule has 0 spiro atoms. The molecule has 2 amide bonds. The summed E-state index contributed by atoms with van der Waals surface area (Å²) in [5.74, 6) is 1.36. The standard InChI is InChI=1S/C18H24N4O3/c1-4-22-13(3)15(12(2)21-22)7-8-19-18(23)20-14-5-6-16-17(11-14)25-10-9-24-16/h5-6,11H,4,7-10H2,1-3H3,(H2,19,20,23). The van der Waals surface area contributed by atoms with Crippen molar-refractivity contribution < 1.29 is 14.3 Å². The minimum Gasteiger partial charge on any atom is -0.486 e. The van der Waals surface area contributed by atoms with Crippen LogP contribution < -0.4 is 20.1 Å². The lowest BCUT2D eigenvalue weighted by molar-refractivity contribution is 0.171. The van der Waals surface area contributed by atoms with Crippen LogP contribution in [0.1, 0.15) is 23.9 Å². The number of hydrogen-bond acceptors (Lipinski definition) is 4. The highest BCUT2D eigenvalue weighted by Gasteiger charge is 2.13. The van der Waals surface area contributed by atoms with Crippen molar-refractivity contribution >= 4 is 11.7 Å². The maximum atomic E-state index is 12.1. The highest BCUT2D eigenvalue weighted by Crippen LogP contribution is 2.32. The second-order valence-corrected chi connectivity index (χ2v) is 5.95. The van der Waals surface area contributed by atoms with E-state index in [-0.39, 0.29) is 6.03 Å². The summed E-state index contributed by atoms with van der Waals surface area (Å²) in [5, 5.41) is 10.2. The normalized spacial score (nSPS) is 12.8. The van der Waals surface area contributed by atoms with E-state index in [1.54, 1.807) is 18.2 Å². The van der Waals surface area contributed by atoms with E-state index in [4.69, 9.17) is 9.47 Å². The van der Waals surface area contributed by atoms with Gasteiger partial charge in [-0.15, -0.1) is 0 Å². The van der Waals surface area contributed by atoms with Gasteiger partial charge < -0.3 is 20.1 Å². The van der Waals surface area contributed by atoms with Crippen molar-refractivity contribution in [2.75, 3.05) is 25.1 Å². The van der Waals surface area contributed by atoms with Crippen LogP contribution in [-0.4, -0.2) is 35.6 Å². The zero-order valence-electron chi connectivity index (χ0n) is 14.9. The van der Waals surface area contributed by atoms with E-state index >= 15 is 0 Å². The molecular weight excluding hydrogens is 320 g/mol. The minimum atomic E-state index is -0.241. The maximum Gasteiger partial charge on any atom is 0.319 e. The van der Waals surface area contributed by atoms with Gasteiger partial charge in [-0.2, -0.15) is 5.10 Å². The fourth-order valence-corrected chi connectivity index (χ4v) is 3.00. The summed E-state index contributed by atoms with van der Waals surface area (Å²) >= 11 is 0. The average molecular weight is 344 g/mol. The first-order chi connectivity index (χ1) is 12.1. The smallest absolute Gasteiger partial charge is 0.319 e. The molecule has 0 saturated heterocycles. The number of rotatable bonds is 5. The Kier molecular flexibility index (Phi) is 5.11. The topological polar surface area (TPSA) is 77.4 Å². The number of ether oxygens (including phenoxy) is 2. The average Bonchev–Trinajstić information content (AvgIpc) is 2.89. The zero-order chi connectivity index (χ0) is 17.8. The van der Waals surface area contributed by atoms with Crippen LogP contribution in [0.2, 0.25) is 0 Å². The molecule has 7 nitrogen and oxygen atoms in total. The molecular formula is C18H24N4O3. The van der Waals surface area contributed by atoms with E-state index in [0.29, 0.717) is 36.9 Å². The maximum absolute atomic E-state index is 12.1. The third-order valence-electron chi connectivity index (χ3n) is 4.29. The van der Waals surface area contributed by atoms with E-state index < -0.39 is 0 Å². The molecule has 1 aromatic heterocycles. The summed E-state index contributed by atoms with van der Waals surface area (Å²) in [6.45, 7) is 8.61. The number of aryl methyl sites for hydroxylation is 2. The van der Waals surface area contributed by atoms with E-state index in [1.807, 2.05) is 11.6 Å². The molecule has 0 fully saturated rings. The summed E-state index contributed by atoms with van der Waals surface area (Å²) in [6.07, 6.45) is 0.756. The van der Waals surface area contributed by atoms with E-state index in [9.17, 15) is 4.79 Å². The number of urea groups is 1. The van der Waals surface area contributed by atoms with Crippen LogP contribution in [0, 0.1) is 13.8 Å². The van der Waals surface area contributed by atoms with Crippen molar-refractivity contribution in [3.8, 4) is 11.5 Å². The number of aromatic nitrogens is 2. The van der Waals surface area contributed by atoms with Gasteiger partial charge in [-0.3, -0.25) is 4.68 Å². The van der Waals surface area contributed by atoms with Gasteiger partial charge >= 0.3 is 6.03 Å². The molecule has 2 heterocycles. The first-order valence-corrected chi connectivity index (χ1v) is 8.56. The molecule has 0 unspecified atom stereocenters. The number of anilines is 1. The number of carbonyl (C=O) groups excluding carboxylic acids is 1. The summed E-state index contributed by atoms with van der Waals surface area (Å²) in [4.78, 5) is 12.1. The predicted molar refractivity (Wildman–Crippen MR) is 95.5 cm³/mol. The monoisotopic (exact) mass is 344 g/mol. The van der Waals surface area contributed by atoms with Gasteiger partial charge in [0.05, 0.1) is 5.69 Å². The number of fused-ring (bicyclic) bond motifs is 1. The van der Waals surface area contributed by atoms with E-state index in [1.165, 1.54) is 5.56 Å². The molecule has 7 heteroatoms. The highest BCUT2D eigenvalue weighted by molar-refractivity contribution is 5.89. The number of amides is 2. The second kappa shape index (κ2) is 7.46. The zero-order valence-corrected chi connectivity index (χ0v) is 14.9. The Labute approximate surface area is 147 Å². The first-order valence-electron chi connectivity index (χ1n) is 8.56. The molecule has 0 saturated carbocycles. The lowest BCUT2D eigenvalue weighted by Gasteiger charge is -2.19. The van der Waals surface area contributed by atoms with Crippen LogP contribution in [0.3, 0.4) is 0 Å². The van der Waals surface area contributed by atoms with Crippen molar-refractivity contribution in [1.29, 1.82) is 0 Å². The molecule has 134 valence electrons. The minimum absolute atomic E-state index is 0.241. The summed E-state index contributed by atoms with van der Waals surface area (Å²) < 4.78 is 13.0. The Morgan fingerprint density at radius 3 is 2.72 bits per heavy atom. The van der Waals surface area contributed by atoms with Gasteiger partial charge in [-0.1, -0.05) is 0 Å². The summed E-state index contributed by atoms with van der Waals surface area (Å²) in [7, 11) is 0. The van der Waals surface area contributed by atoms with Crippen LogP contribution >= 0.6 is 0 Å². The van der Waals surface area contributed by atoms with Crippen LogP contribution in [0.25, 0.3) is 0 Å². The van der Waals surface area contributed by atoms with Gasteiger partial charge in [0, 0.05) is 30.5 Å². The number of nitrogens with one attached hydrogen (secondary N) is 2. The second-order valence-electron chi connectivity index (χ2n) is 5.95. The van der Waals surface area contributed by atoms with E-state index in [2.05, 4.69) is 29.6 Å². The van der Waals surface area contributed by atoms with Crippen LogP contribution in [0.5, 0.6) is 11.5 Å². The molecule has 1 aliphatic heterocycles. The van der Waals surface area contributed by atoms with Gasteiger partial charge in [0.15, 0.2) is 11.5 Å². The highest BCUT2D eigenvalue weighted by atomic mass is 16.6. The number of benzene rings is 1. The van der Waals surface area contributed by atoms with Gasteiger partial charge in [0.2, 0.25) is 0 Å². The Morgan fingerprint density at radius 1 is 1.24 bits per heavy atom. The third-order valence-corrected chi connectivity index (χ3v) is 4.29. The third kappa shape index (κ3) is 3.87. The van der Waals surface area contributed by atoms with Crippen LogP contribution in [-0.2, 0) is 13.0 Å². The van der Waals surface area contributed by atoms with Gasteiger partial charge in [0.25, 0.3) is 0 Å². The van der Waals surface area contributed by atoms with Crippen LogP contribution in [0.15, 0.2) is 18.2 Å². The van der Waals surface area contributed by atoms with Crippen LogP contribution in [0.4, 0.5) is 10.5 Å². The fraction of sp³-hybridized carbons (Fsp3) is 0.444. The number of nitrogens with zero attached hydrogens (tertiary/aromatic N) is 2. The molecule has 3 rings (SSSR count). The molecule has 0 radical (unpaired) electrons. The fourth-order valence-electron chi connectivity index (χ4n) is 3.00. The lowest BCUT2D eigenvalue weighted by Crippen LogP contribution is -2.30. The molecule has 1 aromatic carbocycles.